The first-order chi connectivity index (χ1) is 17.2. The van der Waals surface area contributed by atoms with Crippen LogP contribution in [0.25, 0.3) is 0 Å². The molecule has 0 unspecified atom stereocenters. The number of carbonyl (C=O) groups is 1. The van der Waals surface area contributed by atoms with E-state index >= 15 is 0 Å². The number of aliphatic hydroxyl groups excluding tert-OH is 1. The molecule has 11 heteroatoms. The average molecular weight is 533 g/mol. The lowest BCUT2D eigenvalue weighted by Gasteiger charge is -2.57. The van der Waals surface area contributed by atoms with Crippen molar-refractivity contribution in [1.29, 1.82) is 0 Å². The standard InChI is InChI=1S/C25H29ClN4O5S/c26-17-5-6-19(30-15-24(16-30)8-2-9-24)20(13-17)35-25(10-11-25)23(32)28-36(33,34)22-4-1-3-21(27-22)29-12-7-18(31)14-29/h1,3-6,13,18,31H,2,7-12,14-16H2,(H,28,32)/t18-/m0/s1. The van der Waals surface area contributed by atoms with Crippen LogP contribution in [0.5, 0.6) is 5.75 Å². The van der Waals surface area contributed by atoms with Crippen LogP contribution in [0.15, 0.2) is 41.4 Å². The molecule has 3 heterocycles. The Hall–Kier alpha value is -2.56. The Labute approximate surface area is 215 Å². The number of pyridine rings is 1. The number of nitrogens with zero attached hydrogens (tertiary/aromatic N) is 3. The van der Waals surface area contributed by atoms with E-state index < -0.39 is 27.6 Å². The Balaban J connectivity index is 1.18. The third-order valence-electron chi connectivity index (χ3n) is 7.85. The second-order valence-corrected chi connectivity index (χ2v) is 12.6. The molecule has 1 spiro atoms. The highest BCUT2D eigenvalue weighted by Gasteiger charge is 2.55. The average Bonchev–Trinajstić information content (AvgIpc) is 3.44. The van der Waals surface area contributed by atoms with Gasteiger partial charge in [-0.05, 0) is 43.5 Å². The van der Waals surface area contributed by atoms with E-state index in [1.165, 1.54) is 25.3 Å². The highest BCUT2D eigenvalue weighted by Crippen LogP contribution is 2.52. The van der Waals surface area contributed by atoms with Crippen LogP contribution in [0, 0.1) is 5.41 Å². The molecule has 9 nitrogen and oxygen atoms in total. The summed E-state index contributed by atoms with van der Waals surface area (Å²) in [6, 6.07) is 10.0. The summed E-state index contributed by atoms with van der Waals surface area (Å²) in [5.41, 5.74) is 0.0253. The number of hydrogen-bond donors (Lipinski definition) is 2. The fourth-order valence-corrected chi connectivity index (χ4v) is 6.57. The van der Waals surface area contributed by atoms with Gasteiger partial charge in [-0.25, -0.2) is 9.71 Å². The Morgan fingerprint density at radius 1 is 1.14 bits per heavy atom. The number of ether oxygens (including phenoxy) is 1. The minimum Gasteiger partial charge on any atom is -0.475 e. The van der Waals surface area contributed by atoms with Crippen molar-refractivity contribution >= 4 is 39.0 Å². The maximum Gasteiger partial charge on any atom is 0.281 e. The Morgan fingerprint density at radius 3 is 2.56 bits per heavy atom. The number of halogens is 1. The van der Waals surface area contributed by atoms with Crippen LogP contribution in [0.3, 0.4) is 0 Å². The van der Waals surface area contributed by atoms with E-state index in [0.29, 0.717) is 54.4 Å². The number of rotatable bonds is 7. The van der Waals surface area contributed by atoms with Crippen molar-refractivity contribution in [3.63, 3.8) is 0 Å². The SMILES string of the molecule is O=C(NS(=O)(=O)c1cccc(N2CC[C@H](O)C2)n1)C1(Oc2cc(Cl)ccc2N2CC3(CCC3)C2)CC1. The summed E-state index contributed by atoms with van der Waals surface area (Å²) in [5, 5.41) is 10.0. The van der Waals surface area contributed by atoms with Gasteiger partial charge in [0, 0.05) is 55.5 Å². The molecule has 6 rings (SSSR count). The van der Waals surface area contributed by atoms with E-state index in [1.807, 2.05) is 11.0 Å². The molecule has 1 amide bonds. The predicted octanol–water partition coefficient (Wildman–Crippen LogP) is 2.71. The summed E-state index contributed by atoms with van der Waals surface area (Å²) < 4.78 is 34.5. The molecule has 1 aromatic carbocycles. The van der Waals surface area contributed by atoms with E-state index in [0.717, 1.165) is 18.8 Å². The molecule has 36 heavy (non-hydrogen) atoms. The smallest absolute Gasteiger partial charge is 0.281 e. The molecule has 2 saturated carbocycles. The highest BCUT2D eigenvalue weighted by atomic mass is 35.5. The molecule has 1 aromatic heterocycles. The van der Waals surface area contributed by atoms with Gasteiger partial charge in [-0.15, -0.1) is 0 Å². The van der Waals surface area contributed by atoms with Crippen LogP contribution in [0.2, 0.25) is 5.02 Å². The number of amides is 1. The van der Waals surface area contributed by atoms with Crippen LogP contribution >= 0.6 is 11.6 Å². The van der Waals surface area contributed by atoms with Gasteiger partial charge in [0.05, 0.1) is 11.8 Å². The Bertz CT molecular complexity index is 1300. The van der Waals surface area contributed by atoms with Crippen molar-refractivity contribution in [3.05, 3.63) is 41.4 Å². The van der Waals surface area contributed by atoms with Crippen LogP contribution in [0.1, 0.15) is 38.5 Å². The molecule has 0 bridgehead atoms. The van der Waals surface area contributed by atoms with Crippen molar-refractivity contribution in [2.45, 2.75) is 55.3 Å². The lowest BCUT2D eigenvalue weighted by molar-refractivity contribution is -0.127. The minimum atomic E-state index is -4.22. The molecule has 192 valence electrons. The number of aromatic nitrogens is 1. The van der Waals surface area contributed by atoms with Gasteiger partial charge in [-0.3, -0.25) is 4.79 Å². The van der Waals surface area contributed by atoms with Gasteiger partial charge >= 0.3 is 0 Å². The molecule has 4 fully saturated rings. The summed E-state index contributed by atoms with van der Waals surface area (Å²) in [6.45, 7) is 2.88. The Morgan fingerprint density at radius 2 is 1.92 bits per heavy atom. The Kier molecular flexibility index (Phi) is 5.62. The summed E-state index contributed by atoms with van der Waals surface area (Å²) >= 11 is 6.25. The maximum absolute atomic E-state index is 13.2. The zero-order valence-electron chi connectivity index (χ0n) is 19.8. The zero-order valence-corrected chi connectivity index (χ0v) is 21.4. The zero-order chi connectivity index (χ0) is 25.1. The first kappa shape index (κ1) is 23.8. The quantitative estimate of drug-likeness (QED) is 0.560. The summed E-state index contributed by atoms with van der Waals surface area (Å²) in [4.78, 5) is 21.5. The normalized spacial score (nSPS) is 23.7. The van der Waals surface area contributed by atoms with E-state index in [2.05, 4.69) is 14.6 Å². The van der Waals surface area contributed by atoms with Crippen LogP contribution in [-0.2, 0) is 14.8 Å². The second-order valence-electron chi connectivity index (χ2n) is 10.6. The topological polar surface area (TPSA) is 112 Å². The predicted molar refractivity (Wildman–Crippen MR) is 135 cm³/mol. The number of nitrogens with one attached hydrogen (secondary N) is 1. The monoisotopic (exact) mass is 532 g/mol. The van der Waals surface area contributed by atoms with Crippen molar-refractivity contribution in [2.75, 3.05) is 36.0 Å². The molecule has 4 aliphatic rings. The van der Waals surface area contributed by atoms with Crippen LogP contribution in [-0.4, -0.2) is 62.3 Å². The number of carbonyl (C=O) groups excluding carboxylic acids is 1. The third kappa shape index (κ3) is 4.29. The molecular weight excluding hydrogens is 504 g/mol. The number of β-amino-alcohol motifs (C(OH)–C–C–N with tert-alkyl or cyclic N) is 1. The summed E-state index contributed by atoms with van der Waals surface area (Å²) in [6.07, 6.45) is 4.69. The molecule has 2 saturated heterocycles. The lowest BCUT2D eigenvalue weighted by Crippen LogP contribution is -2.60. The first-order valence-electron chi connectivity index (χ1n) is 12.4. The van der Waals surface area contributed by atoms with Gasteiger partial charge in [-0.1, -0.05) is 24.1 Å². The van der Waals surface area contributed by atoms with Crippen LogP contribution < -0.4 is 19.3 Å². The van der Waals surface area contributed by atoms with E-state index in [4.69, 9.17) is 16.3 Å². The van der Waals surface area contributed by atoms with Gasteiger partial charge in [0.2, 0.25) is 0 Å². The fourth-order valence-electron chi connectivity index (χ4n) is 5.40. The minimum absolute atomic E-state index is 0.250. The number of sulfonamides is 1. The lowest BCUT2D eigenvalue weighted by atomic mass is 9.63. The highest BCUT2D eigenvalue weighted by molar-refractivity contribution is 7.90. The number of anilines is 2. The second kappa shape index (κ2) is 8.49. The van der Waals surface area contributed by atoms with Crippen molar-refractivity contribution < 1.29 is 23.1 Å². The largest absolute Gasteiger partial charge is 0.475 e. The molecular formula is C25H29ClN4O5S. The van der Waals surface area contributed by atoms with Gasteiger partial charge in [0.25, 0.3) is 15.9 Å². The van der Waals surface area contributed by atoms with E-state index in [-0.39, 0.29) is 5.03 Å². The maximum atomic E-state index is 13.2. The summed E-state index contributed by atoms with van der Waals surface area (Å²) in [7, 11) is -4.22. The van der Waals surface area contributed by atoms with E-state index in [1.54, 1.807) is 24.3 Å². The van der Waals surface area contributed by atoms with Crippen LogP contribution in [0.4, 0.5) is 11.5 Å². The number of benzene rings is 1. The van der Waals surface area contributed by atoms with Gasteiger partial charge in [0.15, 0.2) is 10.6 Å². The molecule has 2 N–H and O–H groups in total. The molecule has 2 aromatic rings. The number of aliphatic hydroxyl groups is 1. The van der Waals surface area contributed by atoms with Gasteiger partial charge in [0.1, 0.15) is 11.6 Å². The first-order valence-corrected chi connectivity index (χ1v) is 14.2. The van der Waals surface area contributed by atoms with E-state index in [9.17, 15) is 18.3 Å². The number of hydrogen-bond acceptors (Lipinski definition) is 8. The molecule has 0 radical (unpaired) electrons. The fraction of sp³-hybridized carbons (Fsp3) is 0.520. The van der Waals surface area contributed by atoms with Crippen molar-refractivity contribution in [2.24, 2.45) is 5.41 Å². The third-order valence-corrected chi connectivity index (χ3v) is 9.32. The summed E-state index contributed by atoms with van der Waals surface area (Å²) in [5.74, 6) is 0.229. The van der Waals surface area contributed by atoms with Gasteiger partial charge in [-0.2, -0.15) is 8.42 Å². The van der Waals surface area contributed by atoms with Crippen molar-refractivity contribution in [3.8, 4) is 5.75 Å². The van der Waals surface area contributed by atoms with Gasteiger partial charge < -0.3 is 19.6 Å². The molecule has 2 aliphatic carbocycles. The molecule has 1 atom stereocenters. The molecule has 2 aliphatic heterocycles. The van der Waals surface area contributed by atoms with Crippen molar-refractivity contribution in [1.82, 2.24) is 9.71 Å².